The first kappa shape index (κ1) is 17.8. The molecule has 1 fully saturated rings. The van der Waals surface area contributed by atoms with Crippen molar-refractivity contribution < 1.29 is 35.1 Å². The summed E-state index contributed by atoms with van der Waals surface area (Å²) in [6.45, 7) is 0.572. The lowest BCUT2D eigenvalue weighted by Gasteiger charge is -2.18. The molecule has 0 amide bonds. The van der Waals surface area contributed by atoms with Crippen LogP contribution in [0.5, 0.6) is 0 Å². The topological polar surface area (TPSA) is 86.6 Å². The standard InChI is InChI=1S/C13H26O7/c14-11-13(15)10-12-6-4-2-1-3-5-8-16-18-20-19-17-9-7-12/h12-15H,1-11H2. The number of rotatable bonds is 3. The lowest BCUT2D eigenvalue weighted by molar-refractivity contribution is -0.708. The van der Waals surface area contributed by atoms with Crippen molar-refractivity contribution in [3.63, 3.8) is 0 Å². The third kappa shape index (κ3) is 9.60. The lowest BCUT2D eigenvalue weighted by atomic mass is 9.92. The smallest absolute Gasteiger partial charge is 0.0857 e. The van der Waals surface area contributed by atoms with E-state index in [1.54, 1.807) is 0 Å². The van der Waals surface area contributed by atoms with Crippen molar-refractivity contribution in [2.75, 3.05) is 19.8 Å². The summed E-state index contributed by atoms with van der Waals surface area (Å²) in [5.74, 6) is 0.294. The second kappa shape index (κ2) is 12.5. The van der Waals surface area contributed by atoms with Crippen molar-refractivity contribution in [1.82, 2.24) is 0 Å². The largest absolute Gasteiger partial charge is 0.394 e. The van der Waals surface area contributed by atoms with Crippen LogP contribution in [-0.4, -0.2) is 36.1 Å². The molecule has 2 N–H and O–H groups in total. The molecule has 0 aromatic heterocycles. The van der Waals surface area contributed by atoms with Gasteiger partial charge in [0, 0.05) is 0 Å². The molecule has 0 radical (unpaired) electrons. The number of aliphatic hydroxyl groups excluding tert-OH is 2. The highest BCUT2D eigenvalue weighted by Gasteiger charge is 2.14. The summed E-state index contributed by atoms with van der Waals surface area (Å²) in [6.07, 6.45) is 7.01. The van der Waals surface area contributed by atoms with E-state index in [2.05, 4.69) is 15.1 Å². The summed E-state index contributed by atoms with van der Waals surface area (Å²) in [7, 11) is 0. The van der Waals surface area contributed by atoms with Crippen molar-refractivity contribution >= 4 is 0 Å². The molecule has 0 aromatic carbocycles. The van der Waals surface area contributed by atoms with Gasteiger partial charge in [-0.1, -0.05) is 32.1 Å². The summed E-state index contributed by atoms with van der Waals surface area (Å²) in [5, 5.41) is 31.3. The highest BCUT2D eigenvalue weighted by molar-refractivity contribution is 4.65. The Morgan fingerprint density at radius 2 is 1.55 bits per heavy atom. The van der Waals surface area contributed by atoms with E-state index in [4.69, 9.17) is 14.9 Å². The van der Waals surface area contributed by atoms with Crippen LogP contribution in [0, 0.1) is 5.92 Å². The van der Waals surface area contributed by atoms with E-state index in [0.717, 1.165) is 44.9 Å². The Morgan fingerprint density at radius 1 is 0.850 bits per heavy atom. The van der Waals surface area contributed by atoms with Crippen LogP contribution in [0.1, 0.15) is 51.4 Å². The predicted octanol–water partition coefficient (Wildman–Crippen LogP) is 1.83. The maximum Gasteiger partial charge on any atom is 0.0857 e. The normalized spacial score (nSPS) is 26.4. The molecule has 1 saturated heterocycles. The van der Waals surface area contributed by atoms with Crippen molar-refractivity contribution in [2.45, 2.75) is 57.5 Å². The fraction of sp³-hybridized carbons (Fsp3) is 1.00. The van der Waals surface area contributed by atoms with Gasteiger partial charge in [0.25, 0.3) is 0 Å². The second-order valence-electron chi connectivity index (χ2n) is 5.13. The zero-order valence-corrected chi connectivity index (χ0v) is 11.9. The van der Waals surface area contributed by atoms with Gasteiger partial charge in [-0.15, -0.1) is 0 Å². The molecule has 2 atom stereocenters. The molecular weight excluding hydrogens is 268 g/mol. The fourth-order valence-corrected chi connectivity index (χ4v) is 2.30. The monoisotopic (exact) mass is 294 g/mol. The first-order chi connectivity index (χ1) is 9.83. The number of hydrogen-bond donors (Lipinski definition) is 2. The van der Waals surface area contributed by atoms with Crippen LogP contribution in [0.4, 0.5) is 0 Å². The van der Waals surface area contributed by atoms with E-state index in [1.165, 1.54) is 0 Å². The third-order valence-electron chi connectivity index (χ3n) is 3.42. The van der Waals surface area contributed by atoms with Gasteiger partial charge in [-0.05, 0) is 40.3 Å². The molecule has 1 heterocycles. The molecular formula is C13H26O7. The minimum Gasteiger partial charge on any atom is -0.394 e. The third-order valence-corrected chi connectivity index (χ3v) is 3.42. The maximum absolute atomic E-state index is 9.53. The maximum atomic E-state index is 9.53. The van der Waals surface area contributed by atoms with E-state index < -0.39 is 6.10 Å². The van der Waals surface area contributed by atoms with Crippen LogP contribution in [0.15, 0.2) is 0 Å². The van der Waals surface area contributed by atoms with Crippen LogP contribution in [-0.2, 0) is 24.9 Å². The molecule has 0 saturated carbocycles. The molecule has 0 aromatic rings. The Bertz CT molecular complexity index is 199. The zero-order chi connectivity index (χ0) is 14.5. The van der Waals surface area contributed by atoms with Crippen molar-refractivity contribution in [2.24, 2.45) is 5.92 Å². The van der Waals surface area contributed by atoms with Crippen LogP contribution < -0.4 is 0 Å². The number of aliphatic hydroxyl groups is 2. The first-order valence-electron chi connectivity index (χ1n) is 7.36. The summed E-state index contributed by atoms with van der Waals surface area (Å²) in [6, 6.07) is 0. The Kier molecular flexibility index (Phi) is 11.1. The van der Waals surface area contributed by atoms with Gasteiger partial charge < -0.3 is 10.2 Å². The molecule has 1 aliphatic rings. The van der Waals surface area contributed by atoms with Crippen LogP contribution in [0.3, 0.4) is 0 Å². The zero-order valence-electron chi connectivity index (χ0n) is 11.9. The Hall–Kier alpha value is -0.280. The molecule has 1 rings (SSSR count). The SMILES string of the molecule is OCC(O)CC1CCCCCCCOOOOOCC1. The molecule has 0 bridgehead atoms. The quantitative estimate of drug-likeness (QED) is 0.768. The molecule has 7 heteroatoms. The molecule has 0 spiro atoms. The number of hydrogen-bond acceptors (Lipinski definition) is 7. The second-order valence-corrected chi connectivity index (χ2v) is 5.13. The van der Waals surface area contributed by atoms with E-state index in [1.807, 2.05) is 0 Å². The molecule has 20 heavy (non-hydrogen) atoms. The molecule has 2 unspecified atom stereocenters. The predicted molar refractivity (Wildman–Crippen MR) is 68.7 cm³/mol. The summed E-state index contributed by atoms with van der Waals surface area (Å²) in [5.41, 5.74) is 0. The first-order valence-corrected chi connectivity index (χ1v) is 7.36. The Morgan fingerprint density at radius 3 is 2.35 bits per heavy atom. The summed E-state index contributed by atoms with van der Waals surface area (Å²) >= 11 is 0. The van der Waals surface area contributed by atoms with E-state index >= 15 is 0 Å². The van der Waals surface area contributed by atoms with Crippen LogP contribution in [0.25, 0.3) is 0 Å². The van der Waals surface area contributed by atoms with Crippen molar-refractivity contribution in [3.05, 3.63) is 0 Å². The highest BCUT2D eigenvalue weighted by atomic mass is 17.8. The van der Waals surface area contributed by atoms with Gasteiger partial charge in [-0.2, -0.15) is 0 Å². The summed E-state index contributed by atoms with van der Waals surface area (Å²) < 4.78 is 0. The van der Waals surface area contributed by atoms with Gasteiger partial charge in [-0.25, -0.2) is 9.78 Å². The Labute approximate surface area is 119 Å². The van der Waals surface area contributed by atoms with Crippen LogP contribution >= 0.6 is 0 Å². The van der Waals surface area contributed by atoms with E-state index in [0.29, 0.717) is 25.6 Å². The molecule has 0 aliphatic carbocycles. The Balaban J connectivity index is 2.28. The average molecular weight is 294 g/mol. The fourth-order valence-electron chi connectivity index (χ4n) is 2.30. The molecule has 1 aliphatic heterocycles. The lowest BCUT2D eigenvalue weighted by Crippen LogP contribution is -2.19. The van der Waals surface area contributed by atoms with Crippen molar-refractivity contribution in [3.8, 4) is 0 Å². The molecule has 7 nitrogen and oxygen atoms in total. The minimum atomic E-state index is -0.670. The van der Waals surface area contributed by atoms with Gasteiger partial charge in [-0.3, -0.25) is 0 Å². The van der Waals surface area contributed by atoms with Crippen LogP contribution in [0.2, 0.25) is 0 Å². The van der Waals surface area contributed by atoms with Gasteiger partial charge >= 0.3 is 0 Å². The average Bonchev–Trinajstić information content (AvgIpc) is 2.47. The molecule has 120 valence electrons. The summed E-state index contributed by atoms with van der Waals surface area (Å²) in [4.78, 5) is 9.49. The van der Waals surface area contributed by atoms with Crippen molar-refractivity contribution in [1.29, 1.82) is 0 Å². The van der Waals surface area contributed by atoms with E-state index in [9.17, 15) is 5.11 Å². The van der Waals surface area contributed by atoms with Gasteiger partial charge in [0.1, 0.15) is 0 Å². The van der Waals surface area contributed by atoms with Gasteiger partial charge in [0.05, 0.1) is 25.9 Å². The van der Waals surface area contributed by atoms with E-state index in [-0.39, 0.29) is 6.61 Å². The highest BCUT2D eigenvalue weighted by Crippen LogP contribution is 2.20. The van der Waals surface area contributed by atoms with Gasteiger partial charge in [0.15, 0.2) is 0 Å². The minimum absolute atomic E-state index is 0.206. The van der Waals surface area contributed by atoms with Gasteiger partial charge in [0.2, 0.25) is 0 Å².